The second-order valence-corrected chi connectivity index (χ2v) is 37.2. The van der Waals surface area contributed by atoms with E-state index in [4.69, 9.17) is 47.4 Å². The first-order chi connectivity index (χ1) is 50.7. The molecule has 0 saturated carbocycles. The molecule has 0 aromatic heterocycles. The third kappa shape index (κ3) is 44.3. The highest BCUT2D eigenvalue weighted by molar-refractivity contribution is 5.75. The minimum absolute atomic E-state index is 0.00864. The Kier molecular flexibility index (Phi) is 38.4. The van der Waals surface area contributed by atoms with Crippen molar-refractivity contribution in [1.82, 2.24) is 39.2 Å². The SMILES string of the molecule is CC(C)(C)OC(=O)CN1CCN(CC(=O)OC(C)(C)C)CCN(CC(=O)OC(C)(C)C)C(c2ccc(COCCCCCCOCc3ccc(C4CN(CC(=O)OC(C)(C)C)CCN(CC(=O)OC(C)(C)C)CCN(CC(=O)OC(C)(C)C)CCN4CC(=O)OC(C)(C)C)cc3)cc2)CN(CC(=O)OC(C)(C)C)CC1. The van der Waals surface area contributed by atoms with Crippen molar-refractivity contribution in [3.05, 3.63) is 70.8 Å². The molecule has 2 aliphatic rings. The number of hydrogen-bond acceptors (Lipinski definition) is 26. The molecule has 2 unspecified atom stereocenters. The summed E-state index contributed by atoms with van der Waals surface area (Å²) in [6.45, 7) is 50.4. The third-order valence-electron chi connectivity index (χ3n) is 16.8. The standard InChI is InChI=1S/C84H142N8O18/c1-77(2,3)103-69(93)53-85-37-39-87(55-71(95)105-79(7,8)9)45-47-91(59-75(99)109-83(19,20)21)67(51-89(43-41-85)57-73(97)107-81(13,14)15)65-33-29-63(30-34-65)61-101-49-27-25-26-28-50-102-62-64-31-35-66(36-32-64)68-52-90(58-74(98)108-82(16,17)18)44-42-86(54-70(94)104-78(4,5)6)38-40-88(56-72(96)106-80(10,11)12)46-48-92(68)60-76(100)110-84(22,23)24/h29-36,67-68H,25-28,37-62H2,1-24H3. The predicted molar refractivity (Wildman–Crippen MR) is 425 cm³/mol. The highest BCUT2D eigenvalue weighted by atomic mass is 16.6. The molecular weight excluding hydrogens is 1410 g/mol. The Bertz CT molecular complexity index is 2960. The maximum absolute atomic E-state index is 14.0. The molecule has 2 aliphatic heterocycles. The van der Waals surface area contributed by atoms with Gasteiger partial charge < -0.3 is 47.4 Å². The highest BCUT2D eigenvalue weighted by Gasteiger charge is 2.35. The Balaban J connectivity index is 1.52. The lowest BCUT2D eigenvalue weighted by Crippen LogP contribution is -2.51. The van der Waals surface area contributed by atoms with Crippen LogP contribution >= 0.6 is 0 Å². The molecule has 2 fully saturated rings. The van der Waals surface area contributed by atoms with Gasteiger partial charge in [-0.15, -0.1) is 0 Å². The van der Waals surface area contributed by atoms with Crippen LogP contribution in [0.5, 0.6) is 0 Å². The second-order valence-electron chi connectivity index (χ2n) is 37.2. The molecular formula is C84H142N8O18. The van der Waals surface area contributed by atoms with Crippen LogP contribution in [0.4, 0.5) is 0 Å². The number of carbonyl (C=O) groups is 8. The van der Waals surface area contributed by atoms with Gasteiger partial charge in [0.15, 0.2) is 0 Å². The summed E-state index contributed by atoms with van der Waals surface area (Å²) in [5.74, 6) is -3.23. The summed E-state index contributed by atoms with van der Waals surface area (Å²) in [7, 11) is 0. The van der Waals surface area contributed by atoms with E-state index in [1.807, 2.05) is 244 Å². The van der Waals surface area contributed by atoms with Crippen molar-refractivity contribution < 1.29 is 85.7 Å². The molecule has 0 spiro atoms. The van der Waals surface area contributed by atoms with E-state index in [2.05, 4.69) is 9.80 Å². The van der Waals surface area contributed by atoms with Crippen LogP contribution in [0.25, 0.3) is 0 Å². The molecule has 110 heavy (non-hydrogen) atoms. The summed E-state index contributed by atoms with van der Waals surface area (Å²) < 4.78 is 59.3. The normalized spacial score (nSPS) is 18.3. The van der Waals surface area contributed by atoms with Crippen LogP contribution < -0.4 is 0 Å². The van der Waals surface area contributed by atoms with Crippen LogP contribution in [0.3, 0.4) is 0 Å². The zero-order valence-electron chi connectivity index (χ0n) is 71.9. The summed E-state index contributed by atoms with van der Waals surface area (Å²) in [5, 5.41) is 0. The van der Waals surface area contributed by atoms with Gasteiger partial charge in [-0.2, -0.15) is 0 Å². The van der Waals surface area contributed by atoms with E-state index < -0.39 is 105 Å². The minimum atomic E-state index is -0.758. The molecule has 2 saturated heterocycles. The quantitative estimate of drug-likeness (QED) is 0.0417. The molecule has 2 aromatic rings. The minimum Gasteiger partial charge on any atom is -0.459 e. The van der Waals surface area contributed by atoms with Crippen LogP contribution in [-0.4, -0.2) is 289 Å². The number of carbonyl (C=O) groups excluding carboxylic acids is 8. The average Bonchev–Trinajstić information content (AvgIpc) is 0.829. The number of benzene rings is 2. The fourth-order valence-corrected chi connectivity index (χ4v) is 12.5. The fourth-order valence-electron chi connectivity index (χ4n) is 12.5. The van der Waals surface area contributed by atoms with Gasteiger partial charge in [0.1, 0.15) is 44.8 Å². The van der Waals surface area contributed by atoms with Crippen molar-refractivity contribution in [2.75, 3.05) is 157 Å². The number of unbranched alkanes of at least 4 members (excludes halogenated alkanes) is 3. The molecule has 4 rings (SSSR count). The van der Waals surface area contributed by atoms with E-state index in [1.165, 1.54) is 0 Å². The lowest BCUT2D eigenvalue weighted by Gasteiger charge is -2.39. The predicted octanol–water partition coefficient (Wildman–Crippen LogP) is 10.2. The van der Waals surface area contributed by atoms with Crippen molar-refractivity contribution >= 4 is 47.8 Å². The molecule has 626 valence electrons. The molecule has 0 amide bonds. The molecule has 0 radical (unpaired) electrons. The lowest BCUT2D eigenvalue weighted by molar-refractivity contribution is -0.160. The first kappa shape index (κ1) is 96.2. The van der Waals surface area contributed by atoms with Gasteiger partial charge in [-0.3, -0.25) is 77.6 Å². The maximum atomic E-state index is 14.0. The van der Waals surface area contributed by atoms with Gasteiger partial charge in [0, 0.05) is 117 Å². The Labute approximate surface area is 659 Å². The molecule has 26 heteroatoms. The molecule has 0 aliphatic carbocycles. The average molecular weight is 1550 g/mol. The molecule has 2 heterocycles. The van der Waals surface area contributed by atoms with Gasteiger partial charge in [0.2, 0.25) is 0 Å². The van der Waals surface area contributed by atoms with E-state index in [9.17, 15) is 38.4 Å². The van der Waals surface area contributed by atoms with Crippen molar-refractivity contribution in [2.24, 2.45) is 0 Å². The lowest BCUT2D eigenvalue weighted by atomic mass is 10.0. The van der Waals surface area contributed by atoms with Gasteiger partial charge in [0.25, 0.3) is 0 Å². The second kappa shape index (κ2) is 43.9. The van der Waals surface area contributed by atoms with E-state index in [0.29, 0.717) is 118 Å². The zero-order valence-corrected chi connectivity index (χ0v) is 71.9. The van der Waals surface area contributed by atoms with Gasteiger partial charge in [-0.1, -0.05) is 61.4 Å². The van der Waals surface area contributed by atoms with Gasteiger partial charge in [-0.05, 0) is 201 Å². The zero-order chi connectivity index (χ0) is 82.6. The van der Waals surface area contributed by atoms with Crippen molar-refractivity contribution in [3.63, 3.8) is 0 Å². The molecule has 0 N–H and O–H groups in total. The van der Waals surface area contributed by atoms with E-state index in [1.54, 1.807) is 0 Å². The molecule has 26 nitrogen and oxygen atoms in total. The molecule has 2 aromatic carbocycles. The maximum Gasteiger partial charge on any atom is 0.320 e. The van der Waals surface area contributed by atoms with E-state index in [0.717, 1.165) is 47.9 Å². The number of nitrogens with zero attached hydrogens (tertiary/aromatic N) is 8. The Hall–Kier alpha value is -6.20. The highest BCUT2D eigenvalue weighted by Crippen LogP contribution is 2.29. The summed E-state index contributed by atoms with van der Waals surface area (Å²) in [6, 6.07) is 15.3. The largest absolute Gasteiger partial charge is 0.459 e. The summed E-state index contributed by atoms with van der Waals surface area (Å²) in [5.41, 5.74) is -2.14. The van der Waals surface area contributed by atoms with Gasteiger partial charge >= 0.3 is 47.8 Å². The van der Waals surface area contributed by atoms with Crippen molar-refractivity contribution in [3.8, 4) is 0 Å². The van der Waals surface area contributed by atoms with Crippen LogP contribution in [-0.2, 0) is 98.9 Å². The molecule has 0 bridgehead atoms. The third-order valence-corrected chi connectivity index (χ3v) is 16.8. The van der Waals surface area contributed by atoms with E-state index in [-0.39, 0.29) is 52.4 Å². The Morgan fingerprint density at radius 3 is 0.673 bits per heavy atom. The monoisotopic (exact) mass is 1550 g/mol. The van der Waals surface area contributed by atoms with Gasteiger partial charge in [-0.25, -0.2) is 0 Å². The van der Waals surface area contributed by atoms with Crippen LogP contribution in [0.2, 0.25) is 0 Å². The summed E-state index contributed by atoms with van der Waals surface area (Å²) >= 11 is 0. The Morgan fingerprint density at radius 2 is 0.455 bits per heavy atom. The Morgan fingerprint density at radius 1 is 0.264 bits per heavy atom. The van der Waals surface area contributed by atoms with Crippen LogP contribution in [0, 0.1) is 0 Å². The van der Waals surface area contributed by atoms with Crippen molar-refractivity contribution in [2.45, 2.75) is 262 Å². The number of hydrogen-bond donors (Lipinski definition) is 0. The summed E-state index contributed by atoms with van der Waals surface area (Å²) in [4.78, 5) is 125. The molecule has 2 atom stereocenters. The van der Waals surface area contributed by atoms with Crippen LogP contribution in [0.15, 0.2) is 48.5 Å². The van der Waals surface area contributed by atoms with Crippen LogP contribution in [0.1, 0.15) is 226 Å². The summed E-state index contributed by atoms with van der Waals surface area (Å²) in [6.07, 6.45) is 3.57. The number of esters is 8. The first-order valence-electron chi connectivity index (χ1n) is 39.6. The van der Waals surface area contributed by atoms with Gasteiger partial charge in [0.05, 0.1) is 65.6 Å². The topological polar surface area (TPSA) is 255 Å². The smallest absolute Gasteiger partial charge is 0.320 e. The first-order valence-corrected chi connectivity index (χ1v) is 39.6. The number of ether oxygens (including phenoxy) is 10. The van der Waals surface area contributed by atoms with E-state index >= 15 is 0 Å². The fraction of sp³-hybridized carbons (Fsp3) is 0.762. The van der Waals surface area contributed by atoms with Crippen molar-refractivity contribution in [1.29, 1.82) is 0 Å². The number of rotatable bonds is 29.